The molecule has 0 N–H and O–H groups in total. The highest BCUT2D eigenvalue weighted by molar-refractivity contribution is 5.85. The molecule has 0 bridgehead atoms. The lowest BCUT2D eigenvalue weighted by Crippen LogP contribution is -2.16. The molecular weight excluding hydrogens is 270 g/mol. The molecule has 0 amide bonds. The Hall–Kier alpha value is -2.86. The Morgan fingerprint density at radius 2 is 1.64 bits per heavy atom. The van der Waals surface area contributed by atoms with Crippen LogP contribution in [0.15, 0.2) is 66.7 Å². The standard InChI is InChI=1S/C19H18N3/c1-22(18-11-9-15(10-12-18)13-21-20)14-17-7-4-6-16-5-2-3-8-19(16)17/h2-12H,13-14H2,1H3/q+1. The molecular formula is C19H18N3+. The third-order valence-corrected chi connectivity index (χ3v) is 3.92. The van der Waals surface area contributed by atoms with Crippen molar-refractivity contribution in [3.05, 3.63) is 82.8 Å². The predicted octanol–water partition coefficient (Wildman–Crippen LogP) is 4.83. The molecule has 0 aliphatic rings. The van der Waals surface area contributed by atoms with E-state index in [2.05, 4.69) is 71.5 Å². The van der Waals surface area contributed by atoms with Crippen LogP contribution in [0.25, 0.3) is 15.7 Å². The summed E-state index contributed by atoms with van der Waals surface area (Å²) in [7, 11) is 2.09. The summed E-state index contributed by atoms with van der Waals surface area (Å²) in [5, 5.41) is 11.2. The smallest absolute Gasteiger partial charge is 0.330 e. The maximum Gasteiger partial charge on any atom is 0.330 e. The van der Waals surface area contributed by atoms with Gasteiger partial charge in [-0.1, -0.05) is 42.5 Å². The van der Waals surface area contributed by atoms with Crippen molar-refractivity contribution in [3.8, 4) is 0 Å². The molecule has 3 nitrogen and oxygen atoms in total. The van der Waals surface area contributed by atoms with E-state index in [0.29, 0.717) is 6.54 Å². The number of benzene rings is 3. The third-order valence-electron chi connectivity index (χ3n) is 3.92. The van der Waals surface area contributed by atoms with E-state index in [1.807, 2.05) is 12.1 Å². The Balaban J connectivity index is 1.84. The van der Waals surface area contributed by atoms with Crippen LogP contribution in [-0.4, -0.2) is 7.05 Å². The SMILES string of the molecule is CN(Cc1cccc2ccccc12)c1ccc(C[N+]#N)cc1. The molecule has 0 radical (unpaired) electrons. The van der Waals surface area contributed by atoms with Gasteiger partial charge in [-0.3, -0.25) is 0 Å². The monoisotopic (exact) mass is 288 g/mol. The van der Waals surface area contributed by atoms with Crippen molar-refractivity contribution in [3.63, 3.8) is 0 Å². The van der Waals surface area contributed by atoms with Crippen molar-refractivity contribution in [1.29, 1.82) is 5.39 Å². The van der Waals surface area contributed by atoms with E-state index in [1.165, 1.54) is 16.3 Å². The highest BCUT2D eigenvalue weighted by Crippen LogP contribution is 2.22. The lowest BCUT2D eigenvalue weighted by molar-refractivity contribution is 0.929. The lowest BCUT2D eigenvalue weighted by Gasteiger charge is -2.20. The molecule has 3 aromatic carbocycles. The fraction of sp³-hybridized carbons (Fsp3) is 0.158. The largest absolute Gasteiger partial charge is 0.370 e. The molecule has 0 aliphatic carbocycles. The summed E-state index contributed by atoms with van der Waals surface area (Å²) >= 11 is 0. The average molecular weight is 288 g/mol. The zero-order valence-corrected chi connectivity index (χ0v) is 12.6. The van der Waals surface area contributed by atoms with E-state index >= 15 is 0 Å². The minimum absolute atomic E-state index is 0.341. The molecule has 0 saturated carbocycles. The highest BCUT2D eigenvalue weighted by atomic mass is 15.1. The normalized spacial score (nSPS) is 10.4. The van der Waals surface area contributed by atoms with Gasteiger partial charge in [-0.15, -0.1) is 0 Å². The molecule has 0 aromatic heterocycles. The molecule has 0 spiro atoms. The lowest BCUT2D eigenvalue weighted by atomic mass is 10.0. The van der Waals surface area contributed by atoms with Gasteiger partial charge in [-0.2, -0.15) is 0 Å². The van der Waals surface area contributed by atoms with Crippen molar-refractivity contribution in [2.45, 2.75) is 13.1 Å². The number of rotatable bonds is 4. The van der Waals surface area contributed by atoms with Gasteiger partial charge in [-0.05, 0) is 40.6 Å². The molecule has 0 fully saturated rings. The summed E-state index contributed by atoms with van der Waals surface area (Å²) in [5.41, 5.74) is 3.47. The quantitative estimate of drug-likeness (QED) is 0.644. The van der Waals surface area contributed by atoms with Crippen molar-refractivity contribution >= 4 is 16.5 Å². The maximum atomic E-state index is 8.61. The topological polar surface area (TPSA) is 31.4 Å². The van der Waals surface area contributed by atoms with E-state index < -0.39 is 0 Å². The number of nitrogens with zero attached hydrogens (tertiary/aromatic N) is 3. The molecule has 22 heavy (non-hydrogen) atoms. The zero-order chi connectivity index (χ0) is 15.4. The van der Waals surface area contributed by atoms with Crippen molar-refractivity contribution < 1.29 is 0 Å². The van der Waals surface area contributed by atoms with Crippen LogP contribution in [-0.2, 0) is 13.1 Å². The Bertz CT molecular complexity index is 811. The summed E-state index contributed by atoms with van der Waals surface area (Å²) in [4.78, 5) is 5.39. The second-order valence-electron chi connectivity index (χ2n) is 5.46. The van der Waals surface area contributed by atoms with Gasteiger partial charge in [0.25, 0.3) is 0 Å². The first-order chi connectivity index (χ1) is 10.8. The minimum atomic E-state index is 0.341. The summed E-state index contributed by atoms with van der Waals surface area (Å²) in [6, 6.07) is 23.0. The van der Waals surface area contributed by atoms with Crippen LogP contribution in [0, 0.1) is 5.39 Å². The number of hydrogen-bond acceptors (Lipinski definition) is 2. The van der Waals surface area contributed by atoms with Crippen molar-refractivity contribution in [1.82, 2.24) is 0 Å². The molecule has 3 heteroatoms. The van der Waals surface area contributed by atoms with Gasteiger partial charge in [0.05, 0.1) is 0 Å². The number of anilines is 1. The summed E-state index contributed by atoms with van der Waals surface area (Å²) < 4.78 is 0. The van der Waals surface area contributed by atoms with Crippen LogP contribution < -0.4 is 4.90 Å². The molecule has 0 aliphatic heterocycles. The van der Waals surface area contributed by atoms with Gasteiger partial charge in [0.1, 0.15) is 4.98 Å². The number of fused-ring (bicyclic) bond motifs is 1. The Morgan fingerprint density at radius 1 is 0.909 bits per heavy atom. The van der Waals surface area contributed by atoms with Gasteiger partial charge in [0.15, 0.2) is 0 Å². The van der Waals surface area contributed by atoms with Crippen LogP contribution in [0.2, 0.25) is 0 Å². The van der Waals surface area contributed by atoms with Crippen molar-refractivity contribution in [2.75, 3.05) is 11.9 Å². The molecule has 0 saturated heterocycles. The number of hydrogen-bond donors (Lipinski definition) is 0. The van der Waals surface area contributed by atoms with E-state index in [0.717, 1.165) is 17.8 Å². The van der Waals surface area contributed by atoms with Gasteiger partial charge < -0.3 is 4.90 Å². The zero-order valence-electron chi connectivity index (χ0n) is 12.6. The first-order valence-corrected chi connectivity index (χ1v) is 7.35. The summed E-state index contributed by atoms with van der Waals surface area (Å²) in [6.07, 6.45) is 0. The molecule has 3 aromatic rings. The molecule has 0 heterocycles. The van der Waals surface area contributed by atoms with Gasteiger partial charge in [0, 0.05) is 24.8 Å². The highest BCUT2D eigenvalue weighted by Gasteiger charge is 2.07. The Morgan fingerprint density at radius 3 is 2.41 bits per heavy atom. The average Bonchev–Trinajstić information content (AvgIpc) is 2.56. The van der Waals surface area contributed by atoms with E-state index in [1.54, 1.807) is 0 Å². The second-order valence-corrected chi connectivity index (χ2v) is 5.46. The van der Waals surface area contributed by atoms with E-state index in [9.17, 15) is 0 Å². The molecule has 3 rings (SSSR count). The van der Waals surface area contributed by atoms with Crippen LogP contribution in [0.4, 0.5) is 5.69 Å². The minimum Gasteiger partial charge on any atom is -0.370 e. The molecule has 0 unspecified atom stereocenters. The van der Waals surface area contributed by atoms with Gasteiger partial charge in [0.2, 0.25) is 5.39 Å². The van der Waals surface area contributed by atoms with Crippen molar-refractivity contribution in [2.24, 2.45) is 0 Å². The number of diazo groups is 1. The fourth-order valence-electron chi connectivity index (χ4n) is 2.71. The third kappa shape index (κ3) is 2.91. The summed E-state index contributed by atoms with van der Waals surface area (Å²) in [5.74, 6) is 0. The molecule has 0 atom stereocenters. The van der Waals surface area contributed by atoms with Crippen LogP contribution in [0.1, 0.15) is 11.1 Å². The van der Waals surface area contributed by atoms with Gasteiger partial charge in [-0.25, -0.2) is 0 Å². The van der Waals surface area contributed by atoms with Gasteiger partial charge >= 0.3 is 6.54 Å². The Kier molecular flexibility index (Phi) is 4.02. The van der Waals surface area contributed by atoms with E-state index in [-0.39, 0.29) is 0 Å². The second kappa shape index (κ2) is 6.28. The first-order valence-electron chi connectivity index (χ1n) is 7.35. The van der Waals surface area contributed by atoms with Crippen LogP contribution in [0.5, 0.6) is 0 Å². The fourth-order valence-corrected chi connectivity index (χ4v) is 2.71. The van der Waals surface area contributed by atoms with Crippen LogP contribution >= 0.6 is 0 Å². The first kappa shape index (κ1) is 14.1. The maximum absolute atomic E-state index is 8.61. The predicted molar refractivity (Wildman–Crippen MR) is 91.3 cm³/mol. The Labute approximate surface area is 130 Å². The molecule has 108 valence electrons. The van der Waals surface area contributed by atoms with E-state index in [4.69, 9.17) is 5.39 Å². The summed E-state index contributed by atoms with van der Waals surface area (Å²) in [6.45, 7) is 1.19. The van der Waals surface area contributed by atoms with Crippen LogP contribution in [0.3, 0.4) is 0 Å².